The predicted molar refractivity (Wildman–Crippen MR) is 173 cm³/mol. The summed E-state index contributed by atoms with van der Waals surface area (Å²) >= 11 is 0. The van der Waals surface area contributed by atoms with Crippen LogP contribution >= 0.6 is 0 Å². The molecule has 0 aliphatic carbocycles. The molecular formula is C34H33F2N7O5. The topological polar surface area (TPSA) is 144 Å². The Morgan fingerprint density at radius 2 is 1.92 bits per heavy atom. The highest BCUT2D eigenvalue weighted by atomic mass is 19.1. The number of nitrogens with one attached hydrogen (secondary N) is 2. The van der Waals surface area contributed by atoms with E-state index in [9.17, 15) is 28.0 Å². The molecule has 0 aliphatic heterocycles. The summed E-state index contributed by atoms with van der Waals surface area (Å²) in [7, 11) is 4.90. The number of aromatic amines is 1. The summed E-state index contributed by atoms with van der Waals surface area (Å²) < 4.78 is 36.2. The van der Waals surface area contributed by atoms with Gasteiger partial charge >= 0.3 is 0 Å². The molecule has 0 saturated heterocycles. The lowest BCUT2D eigenvalue weighted by molar-refractivity contribution is -0.123. The molecule has 2 amide bonds. The fourth-order valence-corrected chi connectivity index (χ4v) is 4.93. The molecule has 248 valence electrons. The minimum Gasteiger partial charge on any atom is -0.452 e. The van der Waals surface area contributed by atoms with Gasteiger partial charge in [-0.1, -0.05) is 18.2 Å². The van der Waals surface area contributed by atoms with Crippen LogP contribution in [-0.4, -0.2) is 66.7 Å². The number of hydrogen-bond donors (Lipinski definition) is 2. The Hall–Kier alpha value is -5.92. The van der Waals surface area contributed by atoms with Crippen molar-refractivity contribution in [3.05, 3.63) is 118 Å². The molecule has 2 N–H and O–H groups in total. The highest BCUT2D eigenvalue weighted by Crippen LogP contribution is 2.30. The van der Waals surface area contributed by atoms with E-state index in [0.717, 1.165) is 12.1 Å². The van der Waals surface area contributed by atoms with Crippen LogP contribution in [-0.2, 0) is 29.6 Å². The molecular weight excluding hydrogens is 624 g/mol. The van der Waals surface area contributed by atoms with Crippen LogP contribution in [0, 0.1) is 11.6 Å². The molecule has 2 aromatic carbocycles. The SMILES string of the molecule is CN(C)C(=O)/C=C/CC[C@H](NC(=O)c1cncn1C)C(=O)Cc1cccn(Cc2nc3c(Oc4ccc(F)cc4F)cccc3[nH]2)c1=O. The Morgan fingerprint density at radius 1 is 1.10 bits per heavy atom. The molecule has 3 heterocycles. The lowest BCUT2D eigenvalue weighted by Gasteiger charge is -2.17. The number of carbonyl (C=O) groups excluding carboxylic acids is 3. The van der Waals surface area contributed by atoms with Crippen LogP contribution in [0.4, 0.5) is 8.78 Å². The number of para-hydroxylation sites is 1. The van der Waals surface area contributed by atoms with E-state index in [-0.39, 0.29) is 53.8 Å². The Morgan fingerprint density at radius 3 is 2.65 bits per heavy atom. The van der Waals surface area contributed by atoms with Crippen molar-refractivity contribution in [1.82, 2.24) is 34.3 Å². The molecule has 0 bridgehead atoms. The third kappa shape index (κ3) is 7.89. The predicted octanol–water partition coefficient (Wildman–Crippen LogP) is 3.91. The van der Waals surface area contributed by atoms with E-state index in [1.807, 2.05) is 0 Å². The van der Waals surface area contributed by atoms with Gasteiger partial charge in [0.05, 0.1) is 30.6 Å². The number of H-pyrrole nitrogens is 1. The Labute approximate surface area is 273 Å². The first-order chi connectivity index (χ1) is 23.0. The first kappa shape index (κ1) is 33.4. The Kier molecular flexibility index (Phi) is 10.2. The van der Waals surface area contributed by atoms with Gasteiger partial charge in [-0.3, -0.25) is 19.2 Å². The van der Waals surface area contributed by atoms with Gasteiger partial charge in [-0.2, -0.15) is 0 Å². The number of hydrogen-bond acceptors (Lipinski definition) is 7. The van der Waals surface area contributed by atoms with Crippen LogP contribution in [0.5, 0.6) is 11.5 Å². The number of nitrogens with zero attached hydrogens (tertiary/aromatic N) is 5. The zero-order valence-corrected chi connectivity index (χ0v) is 26.4. The monoisotopic (exact) mass is 657 g/mol. The van der Waals surface area contributed by atoms with Crippen molar-refractivity contribution in [2.75, 3.05) is 14.1 Å². The van der Waals surface area contributed by atoms with E-state index in [2.05, 4.69) is 20.3 Å². The molecule has 48 heavy (non-hydrogen) atoms. The average Bonchev–Trinajstić information content (AvgIpc) is 3.67. The third-order valence-corrected chi connectivity index (χ3v) is 7.49. The summed E-state index contributed by atoms with van der Waals surface area (Å²) in [5.41, 5.74) is 0.994. The van der Waals surface area contributed by atoms with E-state index in [1.165, 1.54) is 38.7 Å². The summed E-state index contributed by atoms with van der Waals surface area (Å²) in [4.78, 5) is 64.9. The van der Waals surface area contributed by atoms with Crippen molar-refractivity contribution in [1.29, 1.82) is 0 Å². The van der Waals surface area contributed by atoms with Crippen molar-refractivity contribution in [3.63, 3.8) is 0 Å². The minimum atomic E-state index is -0.945. The summed E-state index contributed by atoms with van der Waals surface area (Å²) in [6.45, 7) is 0.0191. The van der Waals surface area contributed by atoms with Crippen molar-refractivity contribution >= 4 is 28.6 Å². The van der Waals surface area contributed by atoms with Gasteiger partial charge in [0.1, 0.15) is 22.9 Å². The number of halogens is 2. The van der Waals surface area contributed by atoms with Crippen molar-refractivity contribution in [3.8, 4) is 11.5 Å². The molecule has 0 saturated carbocycles. The number of aryl methyl sites for hydroxylation is 1. The second-order valence-corrected chi connectivity index (χ2v) is 11.3. The zero-order chi connectivity index (χ0) is 34.4. The standard InChI is InChI=1S/C34H33F2N7O5/c1-41(2)31(45)12-5-4-9-24(39-33(46)26-18-37-20-42(26)3)27(44)16-21-8-7-15-43(34(21)47)19-30-38-25-10-6-11-29(32(25)40-30)48-28-14-13-22(35)17-23(28)36/h5-8,10-15,17-18,20,24H,4,9,16,19H2,1-3H3,(H,38,40)(H,39,46)/b12-5+/t24-/m0/s1. The van der Waals surface area contributed by atoms with Crippen LogP contribution in [0.15, 0.2) is 84.2 Å². The molecule has 0 fully saturated rings. The van der Waals surface area contributed by atoms with Crippen LogP contribution in [0.25, 0.3) is 11.0 Å². The maximum atomic E-state index is 14.2. The van der Waals surface area contributed by atoms with E-state index >= 15 is 0 Å². The third-order valence-electron chi connectivity index (χ3n) is 7.49. The van der Waals surface area contributed by atoms with Gasteiger partial charge < -0.3 is 29.1 Å². The number of likely N-dealkylation sites (N-methyl/N-ethyl adjacent to an activating group) is 1. The summed E-state index contributed by atoms with van der Waals surface area (Å²) in [6.07, 6.45) is 7.72. The normalized spacial score (nSPS) is 11.9. The van der Waals surface area contributed by atoms with E-state index in [4.69, 9.17) is 4.74 Å². The molecule has 12 nitrogen and oxygen atoms in total. The number of pyridine rings is 1. The highest BCUT2D eigenvalue weighted by Gasteiger charge is 2.24. The van der Waals surface area contributed by atoms with Crippen molar-refractivity contribution in [2.45, 2.75) is 31.8 Å². The van der Waals surface area contributed by atoms with Gasteiger partial charge in [0.2, 0.25) is 5.91 Å². The molecule has 0 spiro atoms. The molecule has 0 aliphatic rings. The van der Waals surface area contributed by atoms with Gasteiger partial charge in [-0.05, 0) is 49.2 Å². The number of ether oxygens (including phenoxy) is 1. The molecule has 0 radical (unpaired) electrons. The number of imidazole rings is 2. The van der Waals surface area contributed by atoms with Gasteiger partial charge in [0.15, 0.2) is 23.1 Å². The van der Waals surface area contributed by atoms with Gasteiger partial charge in [0, 0.05) is 45.4 Å². The Bertz CT molecular complexity index is 2060. The number of Topliss-reactive ketones (excluding diaryl/α,β-unsaturated/α-hetero) is 1. The van der Waals surface area contributed by atoms with Crippen LogP contribution in [0.2, 0.25) is 0 Å². The van der Waals surface area contributed by atoms with Crippen LogP contribution in [0.3, 0.4) is 0 Å². The number of amides is 2. The number of allylic oxidation sites excluding steroid dienone is 1. The van der Waals surface area contributed by atoms with Crippen LogP contribution < -0.4 is 15.6 Å². The molecule has 3 aromatic heterocycles. The Balaban J connectivity index is 1.33. The van der Waals surface area contributed by atoms with Gasteiger partial charge in [-0.25, -0.2) is 18.7 Å². The maximum Gasteiger partial charge on any atom is 0.270 e. The maximum absolute atomic E-state index is 14.2. The second kappa shape index (κ2) is 14.7. The molecule has 14 heteroatoms. The number of aromatic nitrogens is 5. The van der Waals surface area contributed by atoms with Crippen molar-refractivity contribution < 1.29 is 27.9 Å². The van der Waals surface area contributed by atoms with Crippen LogP contribution in [0.1, 0.15) is 34.7 Å². The summed E-state index contributed by atoms with van der Waals surface area (Å²) in [6, 6.07) is 10.2. The summed E-state index contributed by atoms with van der Waals surface area (Å²) in [5.74, 6) is -2.24. The van der Waals surface area contributed by atoms with E-state index in [1.54, 1.807) is 63.7 Å². The first-order valence-corrected chi connectivity index (χ1v) is 15.0. The summed E-state index contributed by atoms with van der Waals surface area (Å²) in [5, 5.41) is 2.75. The number of rotatable bonds is 13. The van der Waals surface area contributed by atoms with Gasteiger partial charge in [-0.15, -0.1) is 0 Å². The second-order valence-electron chi connectivity index (χ2n) is 11.3. The average molecular weight is 658 g/mol. The smallest absolute Gasteiger partial charge is 0.270 e. The number of fused-ring (bicyclic) bond motifs is 1. The fourth-order valence-electron chi connectivity index (χ4n) is 4.93. The van der Waals surface area contributed by atoms with Gasteiger partial charge in [0.25, 0.3) is 11.5 Å². The lowest BCUT2D eigenvalue weighted by atomic mass is 10.00. The molecule has 1 atom stereocenters. The lowest BCUT2D eigenvalue weighted by Crippen LogP contribution is -2.42. The highest BCUT2D eigenvalue weighted by molar-refractivity contribution is 5.97. The van der Waals surface area contributed by atoms with E-state index < -0.39 is 29.1 Å². The first-order valence-electron chi connectivity index (χ1n) is 15.0. The zero-order valence-electron chi connectivity index (χ0n) is 26.4. The minimum absolute atomic E-state index is 0.0191. The van der Waals surface area contributed by atoms with E-state index in [0.29, 0.717) is 23.3 Å². The molecule has 0 unspecified atom stereocenters. The molecule has 5 rings (SSSR count). The number of benzene rings is 2. The number of ketones is 1. The molecule has 5 aromatic rings. The number of carbonyl (C=O) groups is 3. The quantitative estimate of drug-likeness (QED) is 0.183. The largest absolute Gasteiger partial charge is 0.452 e. The van der Waals surface area contributed by atoms with Crippen molar-refractivity contribution in [2.24, 2.45) is 7.05 Å². The fraction of sp³-hybridized carbons (Fsp3) is 0.235.